The van der Waals surface area contributed by atoms with Crippen molar-refractivity contribution in [1.82, 2.24) is 9.78 Å². The molecule has 0 saturated carbocycles. The summed E-state index contributed by atoms with van der Waals surface area (Å²) in [4.78, 5) is 0. The minimum Gasteiger partial charge on any atom is -0.484 e. The maximum atomic E-state index is 5.81. The highest BCUT2D eigenvalue weighted by atomic mass is 79.9. The van der Waals surface area contributed by atoms with Crippen LogP contribution in [0.3, 0.4) is 0 Å². The van der Waals surface area contributed by atoms with Gasteiger partial charge in [-0.05, 0) is 35.3 Å². The number of aromatic nitrogens is 2. The van der Waals surface area contributed by atoms with Crippen LogP contribution < -0.4 is 4.74 Å². The van der Waals surface area contributed by atoms with Gasteiger partial charge in [0.1, 0.15) is 16.9 Å². The van der Waals surface area contributed by atoms with E-state index in [1.807, 2.05) is 41.9 Å². The summed E-state index contributed by atoms with van der Waals surface area (Å²) in [5.74, 6) is 0.829. The number of benzene rings is 1. The van der Waals surface area contributed by atoms with Gasteiger partial charge in [-0.25, -0.2) is 0 Å². The topological polar surface area (TPSA) is 27.1 Å². The number of hydrogen-bond acceptors (Lipinski definition) is 2. The molecule has 0 N–H and O–H groups in total. The third-order valence-electron chi connectivity index (χ3n) is 2.54. The molecule has 0 aliphatic carbocycles. The molecule has 90 valence electrons. The first-order valence-electron chi connectivity index (χ1n) is 5.62. The second-order valence-electron chi connectivity index (χ2n) is 3.80. The van der Waals surface area contributed by atoms with E-state index in [9.17, 15) is 0 Å². The van der Waals surface area contributed by atoms with Gasteiger partial charge in [-0.1, -0.05) is 30.3 Å². The average molecular weight is 295 g/mol. The van der Waals surface area contributed by atoms with Crippen LogP contribution in [0.2, 0.25) is 0 Å². The predicted molar refractivity (Wildman–Crippen MR) is 71.1 cm³/mol. The summed E-state index contributed by atoms with van der Waals surface area (Å²) in [6.45, 7) is 5.40. The lowest BCUT2D eigenvalue weighted by molar-refractivity contribution is 0.301. The Bertz CT molecular complexity index is 494. The maximum Gasteiger partial charge on any atom is 0.175 e. The molecule has 0 saturated heterocycles. The molecule has 17 heavy (non-hydrogen) atoms. The molecule has 0 fully saturated rings. The summed E-state index contributed by atoms with van der Waals surface area (Å²) < 4.78 is 8.60. The van der Waals surface area contributed by atoms with Crippen LogP contribution in [-0.2, 0) is 13.2 Å². The quantitative estimate of drug-likeness (QED) is 0.862. The van der Waals surface area contributed by atoms with Crippen LogP contribution in [-0.4, -0.2) is 9.78 Å². The highest BCUT2D eigenvalue weighted by molar-refractivity contribution is 9.10. The van der Waals surface area contributed by atoms with Crippen molar-refractivity contribution in [3.8, 4) is 5.75 Å². The fraction of sp³-hybridized carbons (Fsp3) is 0.308. The van der Waals surface area contributed by atoms with Crippen LogP contribution in [0, 0.1) is 6.92 Å². The van der Waals surface area contributed by atoms with E-state index in [4.69, 9.17) is 4.74 Å². The lowest BCUT2D eigenvalue weighted by Gasteiger charge is -2.05. The van der Waals surface area contributed by atoms with Crippen molar-refractivity contribution in [3.63, 3.8) is 0 Å². The van der Waals surface area contributed by atoms with Gasteiger partial charge >= 0.3 is 0 Å². The summed E-state index contributed by atoms with van der Waals surface area (Å²) in [7, 11) is 0. The van der Waals surface area contributed by atoms with Gasteiger partial charge in [-0.15, -0.1) is 0 Å². The largest absolute Gasteiger partial charge is 0.484 e. The first-order chi connectivity index (χ1) is 8.22. The molecule has 1 aromatic heterocycles. The molecule has 0 amide bonds. The summed E-state index contributed by atoms with van der Waals surface area (Å²) in [5.41, 5.74) is 2.07. The first kappa shape index (κ1) is 12.2. The molecule has 0 spiro atoms. The molecular weight excluding hydrogens is 280 g/mol. The van der Waals surface area contributed by atoms with Gasteiger partial charge in [0.15, 0.2) is 5.75 Å². The van der Waals surface area contributed by atoms with E-state index in [1.165, 1.54) is 0 Å². The third kappa shape index (κ3) is 2.69. The predicted octanol–water partition coefficient (Wildman–Crippen LogP) is 3.55. The second kappa shape index (κ2) is 5.36. The SMILES string of the molecule is CCn1nc(C)c(OCc2ccccc2)c1Br. The van der Waals surface area contributed by atoms with Crippen molar-refractivity contribution in [3.05, 3.63) is 46.2 Å². The van der Waals surface area contributed by atoms with Crippen LogP contribution in [0.4, 0.5) is 0 Å². The summed E-state index contributed by atoms with van der Waals surface area (Å²) in [6.07, 6.45) is 0. The van der Waals surface area contributed by atoms with Crippen molar-refractivity contribution in [2.24, 2.45) is 0 Å². The highest BCUT2D eigenvalue weighted by Crippen LogP contribution is 2.29. The molecule has 0 radical (unpaired) electrons. The number of ether oxygens (including phenoxy) is 1. The Hall–Kier alpha value is -1.29. The Morgan fingerprint density at radius 3 is 2.59 bits per heavy atom. The Morgan fingerprint density at radius 2 is 2.00 bits per heavy atom. The average Bonchev–Trinajstić information content (AvgIpc) is 2.63. The number of rotatable bonds is 4. The van der Waals surface area contributed by atoms with Crippen molar-refractivity contribution < 1.29 is 4.74 Å². The molecule has 0 aliphatic heterocycles. The lowest BCUT2D eigenvalue weighted by atomic mass is 10.2. The summed E-state index contributed by atoms with van der Waals surface area (Å²) >= 11 is 3.51. The number of hydrogen-bond donors (Lipinski definition) is 0. The zero-order chi connectivity index (χ0) is 12.3. The van der Waals surface area contributed by atoms with E-state index in [2.05, 4.69) is 28.0 Å². The van der Waals surface area contributed by atoms with Crippen molar-refractivity contribution in [2.45, 2.75) is 27.0 Å². The van der Waals surface area contributed by atoms with Crippen LogP contribution in [0.1, 0.15) is 18.2 Å². The van der Waals surface area contributed by atoms with Crippen molar-refractivity contribution >= 4 is 15.9 Å². The van der Waals surface area contributed by atoms with Crippen LogP contribution in [0.15, 0.2) is 34.9 Å². The first-order valence-corrected chi connectivity index (χ1v) is 6.41. The van der Waals surface area contributed by atoms with Gasteiger partial charge < -0.3 is 4.74 Å². The molecule has 1 heterocycles. The Morgan fingerprint density at radius 1 is 1.29 bits per heavy atom. The highest BCUT2D eigenvalue weighted by Gasteiger charge is 2.13. The Balaban J connectivity index is 2.12. The standard InChI is InChI=1S/C13H15BrN2O/c1-3-16-13(14)12(10(2)15-16)17-9-11-7-5-4-6-8-11/h4-8H,3,9H2,1-2H3. The van der Waals surface area contributed by atoms with Crippen molar-refractivity contribution in [1.29, 1.82) is 0 Å². The van der Waals surface area contributed by atoms with Gasteiger partial charge in [0.2, 0.25) is 0 Å². The molecule has 0 unspecified atom stereocenters. The van der Waals surface area contributed by atoms with E-state index in [0.29, 0.717) is 6.61 Å². The fourth-order valence-corrected chi connectivity index (χ4v) is 2.37. The molecule has 2 rings (SSSR count). The van der Waals surface area contributed by atoms with Gasteiger partial charge in [-0.2, -0.15) is 5.10 Å². The number of aryl methyl sites for hydroxylation is 2. The van der Waals surface area contributed by atoms with Gasteiger partial charge in [0.25, 0.3) is 0 Å². The Kier molecular flexibility index (Phi) is 3.84. The molecule has 0 aliphatic rings. The van der Waals surface area contributed by atoms with Crippen molar-refractivity contribution in [2.75, 3.05) is 0 Å². The summed E-state index contributed by atoms with van der Waals surface area (Å²) in [5, 5.41) is 4.39. The normalized spacial score (nSPS) is 10.5. The maximum absolute atomic E-state index is 5.81. The minimum atomic E-state index is 0.565. The van der Waals surface area contributed by atoms with Gasteiger partial charge in [-0.3, -0.25) is 4.68 Å². The third-order valence-corrected chi connectivity index (χ3v) is 3.31. The molecule has 0 atom stereocenters. The van der Waals surface area contributed by atoms with E-state index >= 15 is 0 Å². The molecule has 4 heteroatoms. The molecule has 1 aromatic carbocycles. The lowest BCUT2D eigenvalue weighted by Crippen LogP contribution is -1.97. The number of nitrogens with zero attached hydrogens (tertiary/aromatic N) is 2. The van der Waals surface area contributed by atoms with E-state index < -0.39 is 0 Å². The van der Waals surface area contributed by atoms with Crippen LogP contribution in [0.25, 0.3) is 0 Å². The molecular formula is C13H15BrN2O. The summed E-state index contributed by atoms with van der Waals surface area (Å²) in [6, 6.07) is 10.1. The van der Waals surface area contributed by atoms with Crippen LogP contribution >= 0.6 is 15.9 Å². The monoisotopic (exact) mass is 294 g/mol. The second-order valence-corrected chi connectivity index (χ2v) is 4.55. The van der Waals surface area contributed by atoms with E-state index in [1.54, 1.807) is 0 Å². The van der Waals surface area contributed by atoms with Crippen LogP contribution in [0.5, 0.6) is 5.75 Å². The van der Waals surface area contributed by atoms with Gasteiger partial charge in [0, 0.05) is 6.54 Å². The smallest absolute Gasteiger partial charge is 0.175 e. The molecule has 2 aromatic rings. The fourth-order valence-electron chi connectivity index (χ4n) is 1.64. The van der Waals surface area contributed by atoms with E-state index in [0.717, 1.165) is 28.2 Å². The molecule has 0 bridgehead atoms. The minimum absolute atomic E-state index is 0.565. The zero-order valence-corrected chi connectivity index (χ0v) is 11.6. The van der Waals surface area contributed by atoms with E-state index in [-0.39, 0.29) is 0 Å². The Labute approximate surface area is 110 Å². The molecule has 3 nitrogen and oxygen atoms in total. The number of halogens is 1. The zero-order valence-electron chi connectivity index (χ0n) is 9.98. The van der Waals surface area contributed by atoms with Gasteiger partial charge in [0.05, 0.1) is 0 Å².